The molecule has 0 aliphatic heterocycles. The number of hydrogen-bond acceptors (Lipinski definition) is 5. The molecule has 1 aromatic rings. The van der Waals surface area contributed by atoms with E-state index in [9.17, 15) is 4.79 Å². The van der Waals surface area contributed by atoms with Crippen LogP contribution in [0.3, 0.4) is 0 Å². The molecule has 3 N–H and O–H groups in total. The number of primary amides is 1. The van der Waals surface area contributed by atoms with Crippen LogP contribution in [0.5, 0.6) is 17.2 Å². The monoisotopic (exact) mass is 376 g/mol. The van der Waals surface area contributed by atoms with Gasteiger partial charge in [0.05, 0.1) is 14.2 Å². The second-order valence-corrected chi connectivity index (χ2v) is 8.63. The maximum Gasteiger partial charge on any atom is 0.255 e. The molecule has 1 aromatic carbocycles. The zero-order valence-electron chi connectivity index (χ0n) is 17.1. The molecule has 6 nitrogen and oxygen atoms in total. The van der Waals surface area contributed by atoms with Crippen LogP contribution < -0.4 is 25.3 Å². The van der Waals surface area contributed by atoms with Crippen molar-refractivity contribution < 1.29 is 19.0 Å². The SMILES string of the molecule is COc1cc(CNC2CC3CCC2(C)C3(C)C)cc(OC)c1OCC(N)=O. The number of carbonyl (C=O) groups is 1. The number of nitrogens with one attached hydrogen (secondary N) is 1. The Morgan fingerprint density at radius 1 is 1.22 bits per heavy atom. The quantitative estimate of drug-likeness (QED) is 0.729. The van der Waals surface area contributed by atoms with Crippen LogP contribution in [0.15, 0.2) is 12.1 Å². The molecule has 0 aromatic heterocycles. The molecular formula is C21H32N2O4. The van der Waals surface area contributed by atoms with Gasteiger partial charge in [0, 0.05) is 12.6 Å². The van der Waals surface area contributed by atoms with E-state index in [1.807, 2.05) is 12.1 Å². The largest absolute Gasteiger partial charge is 0.493 e. The first-order valence-corrected chi connectivity index (χ1v) is 9.62. The van der Waals surface area contributed by atoms with Crippen molar-refractivity contribution in [3.63, 3.8) is 0 Å². The van der Waals surface area contributed by atoms with Crippen LogP contribution in [0.1, 0.15) is 45.6 Å². The highest BCUT2D eigenvalue weighted by Gasteiger charge is 2.60. The number of carbonyl (C=O) groups excluding carboxylic acids is 1. The van der Waals surface area contributed by atoms with Gasteiger partial charge in [0.25, 0.3) is 5.91 Å². The van der Waals surface area contributed by atoms with E-state index in [2.05, 4.69) is 26.1 Å². The molecule has 0 spiro atoms. The van der Waals surface area contributed by atoms with Gasteiger partial charge in [0.15, 0.2) is 18.1 Å². The average Bonchev–Trinajstić information content (AvgIpc) is 2.97. The topological polar surface area (TPSA) is 82.8 Å². The van der Waals surface area contributed by atoms with Crippen molar-refractivity contribution >= 4 is 5.91 Å². The predicted molar refractivity (Wildman–Crippen MR) is 104 cm³/mol. The maximum absolute atomic E-state index is 11.0. The molecule has 2 aliphatic carbocycles. The lowest BCUT2D eigenvalue weighted by Gasteiger charge is -2.39. The molecule has 0 saturated heterocycles. The standard InChI is InChI=1S/C21H32N2O4/c1-20(2)14-6-7-21(20,3)17(10-14)23-11-13-8-15(25-4)19(16(9-13)26-5)27-12-18(22)24/h8-9,14,17,23H,6-7,10-12H2,1-5H3,(H2,22,24). The Bertz CT molecular complexity index is 693. The van der Waals surface area contributed by atoms with Crippen LogP contribution in [0.25, 0.3) is 0 Å². The van der Waals surface area contributed by atoms with Gasteiger partial charge >= 0.3 is 0 Å². The first-order valence-electron chi connectivity index (χ1n) is 9.62. The van der Waals surface area contributed by atoms with Crippen molar-refractivity contribution in [2.45, 2.75) is 52.6 Å². The molecule has 3 rings (SSSR count). The summed E-state index contributed by atoms with van der Waals surface area (Å²) in [7, 11) is 3.14. The van der Waals surface area contributed by atoms with E-state index in [0.29, 0.717) is 34.1 Å². The molecule has 150 valence electrons. The van der Waals surface area contributed by atoms with E-state index in [0.717, 1.165) is 18.0 Å². The molecule has 2 aliphatic rings. The fraction of sp³-hybridized carbons (Fsp3) is 0.667. The predicted octanol–water partition coefficient (Wildman–Crippen LogP) is 2.87. The minimum atomic E-state index is -0.544. The maximum atomic E-state index is 11.0. The molecule has 27 heavy (non-hydrogen) atoms. The van der Waals surface area contributed by atoms with Gasteiger partial charge in [0.2, 0.25) is 5.75 Å². The third kappa shape index (κ3) is 3.35. The van der Waals surface area contributed by atoms with Crippen LogP contribution in [-0.2, 0) is 11.3 Å². The van der Waals surface area contributed by atoms with E-state index < -0.39 is 5.91 Å². The number of ether oxygens (including phenoxy) is 3. The summed E-state index contributed by atoms with van der Waals surface area (Å²) in [6.07, 6.45) is 3.86. The van der Waals surface area contributed by atoms with Crippen LogP contribution in [0.4, 0.5) is 0 Å². The van der Waals surface area contributed by atoms with Crippen LogP contribution in [0, 0.1) is 16.7 Å². The highest BCUT2D eigenvalue weighted by Crippen LogP contribution is 2.65. The number of amides is 1. The molecule has 0 radical (unpaired) electrons. The lowest BCUT2D eigenvalue weighted by atomic mass is 9.69. The summed E-state index contributed by atoms with van der Waals surface area (Å²) in [5.74, 6) is 1.72. The van der Waals surface area contributed by atoms with Crippen LogP contribution in [-0.4, -0.2) is 32.8 Å². The van der Waals surface area contributed by atoms with E-state index in [1.54, 1.807) is 14.2 Å². The first-order chi connectivity index (χ1) is 12.7. The van der Waals surface area contributed by atoms with Crippen molar-refractivity contribution in [1.82, 2.24) is 5.32 Å². The second kappa shape index (κ2) is 7.23. The van der Waals surface area contributed by atoms with Crippen molar-refractivity contribution in [2.24, 2.45) is 22.5 Å². The molecule has 2 saturated carbocycles. The van der Waals surface area contributed by atoms with Gasteiger partial charge in [-0.15, -0.1) is 0 Å². The van der Waals surface area contributed by atoms with Gasteiger partial charge in [-0.1, -0.05) is 20.8 Å². The van der Waals surface area contributed by atoms with E-state index in [1.165, 1.54) is 19.3 Å². The Labute approximate surface area is 161 Å². The van der Waals surface area contributed by atoms with Gasteiger partial charge in [-0.05, 0) is 53.7 Å². The molecule has 3 unspecified atom stereocenters. The number of rotatable bonds is 8. The second-order valence-electron chi connectivity index (χ2n) is 8.63. The zero-order valence-corrected chi connectivity index (χ0v) is 17.1. The fourth-order valence-electron chi connectivity index (χ4n) is 5.08. The number of hydrogen-bond donors (Lipinski definition) is 2. The van der Waals surface area contributed by atoms with E-state index in [-0.39, 0.29) is 6.61 Å². The summed E-state index contributed by atoms with van der Waals surface area (Å²) in [4.78, 5) is 11.0. The summed E-state index contributed by atoms with van der Waals surface area (Å²) < 4.78 is 16.4. The molecule has 1 amide bonds. The molecule has 0 heterocycles. The van der Waals surface area contributed by atoms with Gasteiger partial charge in [-0.2, -0.15) is 0 Å². The minimum absolute atomic E-state index is 0.221. The minimum Gasteiger partial charge on any atom is -0.493 e. The Kier molecular flexibility index (Phi) is 5.30. The number of methoxy groups -OCH3 is 2. The Morgan fingerprint density at radius 2 is 1.85 bits per heavy atom. The lowest BCUT2D eigenvalue weighted by Crippen LogP contribution is -2.44. The Morgan fingerprint density at radius 3 is 2.30 bits per heavy atom. The zero-order chi connectivity index (χ0) is 19.8. The first kappa shape index (κ1) is 19.8. The Balaban J connectivity index is 1.75. The van der Waals surface area contributed by atoms with Crippen LogP contribution >= 0.6 is 0 Å². The van der Waals surface area contributed by atoms with Gasteiger partial charge in [0.1, 0.15) is 0 Å². The molecular weight excluding hydrogens is 344 g/mol. The van der Waals surface area contributed by atoms with Crippen molar-refractivity contribution in [3.8, 4) is 17.2 Å². The van der Waals surface area contributed by atoms with E-state index in [4.69, 9.17) is 19.9 Å². The smallest absolute Gasteiger partial charge is 0.255 e. The molecule has 2 fully saturated rings. The summed E-state index contributed by atoms with van der Waals surface area (Å²) >= 11 is 0. The fourth-order valence-corrected chi connectivity index (χ4v) is 5.08. The third-order valence-corrected chi connectivity index (χ3v) is 7.23. The number of fused-ring (bicyclic) bond motifs is 2. The lowest BCUT2D eigenvalue weighted by molar-refractivity contribution is -0.120. The summed E-state index contributed by atoms with van der Waals surface area (Å²) in [6.45, 7) is 7.78. The number of nitrogens with two attached hydrogens (primary N) is 1. The van der Waals surface area contributed by atoms with Gasteiger partial charge in [-0.3, -0.25) is 4.79 Å². The summed E-state index contributed by atoms with van der Waals surface area (Å²) in [6, 6.07) is 4.35. The van der Waals surface area contributed by atoms with Crippen LogP contribution in [0.2, 0.25) is 0 Å². The molecule has 3 atom stereocenters. The highest BCUT2D eigenvalue weighted by molar-refractivity contribution is 5.75. The highest BCUT2D eigenvalue weighted by atomic mass is 16.5. The average molecular weight is 376 g/mol. The van der Waals surface area contributed by atoms with Gasteiger partial charge in [-0.25, -0.2) is 0 Å². The Hall–Kier alpha value is -1.95. The van der Waals surface area contributed by atoms with E-state index >= 15 is 0 Å². The summed E-state index contributed by atoms with van der Waals surface area (Å²) in [5, 5.41) is 3.77. The summed E-state index contributed by atoms with van der Waals surface area (Å²) in [5.41, 5.74) is 6.95. The number of benzene rings is 1. The van der Waals surface area contributed by atoms with Gasteiger partial charge < -0.3 is 25.3 Å². The van der Waals surface area contributed by atoms with Crippen molar-refractivity contribution in [3.05, 3.63) is 17.7 Å². The van der Waals surface area contributed by atoms with Crippen molar-refractivity contribution in [1.29, 1.82) is 0 Å². The molecule has 6 heteroatoms. The third-order valence-electron chi connectivity index (χ3n) is 7.23. The molecule has 2 bridgehead atoms. The normalized spacial score (nSPS) is 28.2. The van der Waals surface area contributed by atoms with Crippen molar-refractivity contribution in [2.75, 3.05) is 20.8 Å².